The van der Waals surface area contributed by atoms with Gasteiger partial charge in [-0.25, -0.2) is 4.79 Å². The summed E-state index contributed by atoms with van der Waals surface area (Å²) < 4.78 is 4.88. The molecule has 0 aliphatic rings. The van der Waals surface area contributed by atoms with Crippen molar-refractivity contribution in [3.63, 3.8) is 0 Å². The summed E-state index contributed by atoms with van der Waals surface area (Å²) in [5.74, 6) is -1.08. The molecule has 100 valence electrons. The van der Waals surface area contributed by atoms with Crippen LogP contribution in [0, 0.1) is 13.8 Å². The molecular weight excluding hydrogens is 236 g/mol. The molecule has 1 aromatic heterocycles. The quantitative estimate of drug-likeness (QED) is 0.805. The number of carboxylic acids is 1. The van der Waals surface area contributed by atoms with E-state index in [1.165, 1.54) is 0 Å². The van der Waals surface area contributed by atoms with Gasteiger partial charge in [0, 0.05) is 0 Å². The molecule has 1 heterocycles. The van der Waals surface area contributed by atoms with Crippen molar-refractivity contribution < 1.29 is 19.2 Å². The van der Waals surface area contributed by atoms with Gasteiger partial charge in [-0.3, -0.25) is 4.79 Å². The molecule has 18 heavy (non-hydrogen) atoms. The second-order valence-electron chi connectivity index (χ2n) is 4.21. The van der Waals surface area contributed by atoms with Gasteiger partial charge in [0.15, 0.2) is 0 Å². The van der Waals surface area contributed by atoms with Crippen molar-refractivity contribution in [1.29, 1.82) is 0 Å². The molecule has 1 unspecified atom stereocenters. The molecule has 1 amide bonds. The molecule has 2 N–H and O–H groups in total. The number of unbranched alkanes of at least 4 members (excludes halogenated alkanes) is 1. The van der Waals surface area contributed by atoms with E-state index in [4.69, 9.17) is 9.63 Å². The average Bonchev–Trinajstić information content (AvgIpc) is 2.63. The first kappa shape index (κ1) is 14.2. The van der Waals surface area contributed by atoms with Crippen LogP contribution in [0.5, 0.6) is 0 Å². The third-order valence-corrected chi connectivity index (χ3v) is 2.71. The molecule has 1 rings (SSSR count). The number of nitrogens with zero attached hydrogens (tertiary/aromatic N) is 1. The highest BCUT2D eigenvalue weighted by Gasteiger charge is 2.24. The minimum atomic E-state index is -1.02. The molecule has 0 spiro atoms. The van der Waals surface area contributed by atoms with Gasteiger partial charge in [-0.1, -0.05) is 24.9 Å². The zero-order valence-electron chi connectivity index (χ0n) is 10.8. The standard InChI is InChI=1S/C12H18N2O4/c1-4-5-6-9(12(16)17)13-11(15)10-7(2)14-18-8(10)3/h9H,4-6H2,1-3H3,(H,13,15)(H,16,17). The van der Waals surface area contributed by atoms with Gasteiger partial charge in [0.2, 0.25) is 0 Å². The Morgan fingerprint density at radius 3 is 2.56 bits per heavy atom. The van der Waals surface area contributed by atoms with Crippen LogP contribution in [0.15, 0.2) is 4.52 Å². The van der Waals surface area contributed by atoms with Gasteiger partial charge in [-0.05, 0) is 20.3 Å². The molecule has 0 aliphatic heterocycles. The fraction of sp³-hybridized carbons (Fsp3) is 0.583. The average molecular weight is 254 g/mol. The van der Waals surface area contributed by atoms with Gasteiger partial charge in [-0.15, -0.1) is 0 Å². The molecular formula is C12H18N2O4. The van der Waals surface area contributed by atoms with Crippen LogP contribution in [0.1, 0.15) is 48.0 Å². The predicted octanol–water partition coefficient (Wildman–Crippen LogP) is 1.66. The zero-order valence-corrected chi connectivity index (χ0v) is 10.8. The van der Waals surface area contributed by atoms with Crippen LogP contribution in [0.25, 0.3) is 0 Å². The molecule has 0 aromatic carbocycles. The van der Waals surface area contributed by atoms with E-state index in [2.05, 4.69) is 10.5 Å². The summed E-state index contributed by atoms with van der Waals surface area (Å²) in [7, 11) is 0. The number of hydrogen-bond donors (Lipinski definition) is 2. The molecule has 0 radical (unpaired) electrons. The first-order valence-electron chi connectivity index (χ1n) is 5.93. The highest BCUT2D eigenvalue weighted by molar-refractivity contribution is 5.98. The van der Waals surface area contributed by atoms with E-state index >= 15 is 0 Å². The summed E-state index contributed by atoms with van der Waals surface area (Å²) in [5, 5.41) is 15.2. The number of carboxylic acid groups (broad SMARTS) is 1. The van der Waals surface area contributed by atoms with Crippen molar-refractivity contribution in [2.45, 2.75) is 46.1 Å². The summed E-state index contributed by atoms with van der Waals surface area (Å²) >= 11 is 0. The van der Waals surface area contributed by atoms with Crippen molar-refractivity contribution in [3.05, 3.63) is 17.0 Å². The van der Waals surface area contributed by atoms with Gasteiger partial charge in [0.25, 0.3) is 5.91 Å². The normalized spacial score (nSPS) is 12.2. The Bertz CT molecular complexity index is 420. The van der Waals surface area contributed by atoms with Crippen molar-refractivity contribution >= 4 is 11.9 Å². The lowest BCUT2D eigenvalue weighted by molar-refractivity contribution is -0.139. The second kappa shape index (κ2) is 6.18. The van der Waals surface area contributed by atoms with Gasteiger partial charge < -0.3 is 14.9 Å². The first-order chi connectivity index (χ1) is 8.47. The smallest absolute Gasteiger partial charge is 0.326 e. The Morgan fingerprint density at radius 2 is 2.11 bits per heavy atom. The highest BCUT2D eigenvalue weighted by atomic mass is 16.5. The Morgan fingerprint density at radius 1 is 1.44 bits per heavy atom. The van der Waals surface area contributed by atoms with Crippen LogP contribution in [-0.2, 0) is 4.79 Å². The maximum atomic E-state index is 12.0. The lowest BCUT2D eigenvalue weighted by Crippen LogP contribution is -2.41. The number of aryl methyl sites for hydroxylation is 2. The minimum Gasteiger partial charge on any atom is -0.480 e. The van der Waals surface area contributed by atoms with Gasteiger partial charge in [0.1, 0.15) is 17.4 Å². The number of carbonyl (C=O) groups is 2. The third kappa shape index (κ3) is 3.32. The molecule has 6 nitrogen and oxygen atoms in total. The van der Waals surface area contributed by atoms with Gasteiger partial charge >= 0.3 is 5.97 Å². The van der Waals surface area contributed by atoms with E-state index in [9.17, 15) is 9.59 Å². The Kier molecular flexibility index (Phi) is 4.88. The highest BCUT2D eigenvalue weighted by Crippen LogP contribution is 2.12. The van der Waals surface area contributed by atoms with Crippen LogP contribution < -0.4 is 5.32 Å². The van der Waals surface area contributed by atoms with Crippen molar-refractivity contribution in [2.75, 3.05) is 0 Å². The number of aliphatic carboxylic acids is 1. The van der Waals surface area contributed by atoms with Crippen LogP contribution in [0.2, 0.25) is 0 Å². The molecule has 0 bridgehead atoms. The predicted molar refractivity (Wildman–Crippen MR) is 64.4 cm³/mol. The minimum absolute atomic E-state index is 0.317. The molecule has 1 aromatic rings. The Balaban J connectivity index is 2.75. The summed E-state index contributed by atoms with van der Waals surface area (Å²) in [6.45, 7) is 5.24. The Hall–Kier alpha value is -1.85. The van der Waals surface area contributed by atoms with E-state index in [0.29, 0.717) is 23.4 Å². The lowest BCUT2D eigenvalue weighted by atomic mass is 10.1. The van der Waals surface area contributed by atoms with Crippen LogP contribution in [0.3, 0.4) is 0 Å². The summed E-state index contributed by atoms with van der Waals surface area (Å²) in [6, 6.07) is -0.869. The summed E-state index contributed by atoms with van der Waals surface area (Å²) in [4.78, 5) is 23.0. The molecule has 0 fully saturated rings. The fourth-order valence-corrected chi connectivity index (χ4v) is 1.70. The van der Waals surface area contributed by atoms with Crippen LogP contribution in [0.4, 0.5) is 0 Å². The number of carbonyl (C=O) groups excluding carboxylic acids is 1. The van der Waals surface area contributed by atoms with E-state index in [-0.39, 0.29) is 0 Å². The monoisotopic (exact) mass is 254 g/mol. The summed E-state index contributed by atoms with van der Waals surface area (Å²) in [5.41, 5.74) is 0.780. The van der Waals surface area contributed by atoms with E-state index < -0.39 is 17.9 Å². The molecule has 1 atom stereocenters. The molecule has 6 heteroatoms. The van der Waals surface area contributed by atoms with Crippen LogP contribution in [-0.4, -0.2) is 28.2 Å². The maximum Gasteiger partial charge on any atom is 0.326 e. The number of amides is 1. The van der Waals surface area contributed by atoms with E-state index in [1.54, 1.807) is 13.8 Å². The van der Waals surface area contributed by atoms with Crippen molar-refractivity contribution in [1.82, 2.24) is 10.5 Å². The van der Waals surface area contributed by atoms with E-state index in [0.717, 1.165) is 12.8 Å². The second-order valence-corrected chi connectivity index (χ2v) is 4.21. The maximum absolute atomic E-state index is 12.0. The lowest BCUT2D eigenvalue weighted by Gasteiger charge is -2.13. The first-order valence-corrected chi connectivity index (χ1v) is 5.93. The van der Waals surface area contributed by atoms with E-state index in [1.807, 2.05) is 6.92 Å². The van der Waals surface area contributed by atoms with Crippen LogP contribution >= 0.6 is 0 Å². The van der Waals surface area contributed by atoms with Gasteiger partial charge in [-0.2, -0.15) is 0 Å². The van der Waals surface area contributed by atoms with Crippen molar-refractivity contribution in [2.24, 2.45) is 0 Å². The third-order valence-electron chi connectivity index (χ3n) is 2.71. The summed E-state index contributed by atoms with van der Waals surface area (Å²) in [6.07, 6.45) is 2.05. The number of nitrogens with one attached hydrogen (secondary N) is 1. The number of rotatable bonds is 6. The van der Waals surface area contributed by atoms with Gasteiger partial charge in [0.05, 0.1) is 5.69 Å². The number of hydrogen-bond acceptors (Lipinski definition) is 4. The molecule has 0 saturated carbocycles. The SMILES string of the molecule is CCCCC(NC(=O)c1c(C)noc1C)C(=O)O. The topological polar surface area (TPSA) is 92.4 Å². The van der Waals surface area contributed by atoms with Crippen molar-refractivity contribution in [3.8, 4) is 0 Å². The molecule has 0 aliphatic carbocycles. The zero-order chi connectivity index (χ0) is 13.7. The largest absolute Gasteiger partial charge is 0.480 e. The number of aromatic nitrogens is 1. The Labute approximate surface area is 105 Å². The fourth-order valence-electron chi connectivity index (χ4n) is 1.70. The molecule has 0 saturated heterocycles.